The van der Waals surface area contributed by atoms with Gasteiger partial charge in [0.1, 0.15) is 47.8 Å². The van der Waals surface area contributed by atoms with Crippen LogP contribution in [-0.4, -0.2) is 119 Å². The minimum absolute atomic E-state index is 0.0436. The number of guanidine groups is 2. The summed E-state index contributed by atoms with van der Waals surface area (Å²) in [6.07, 6.45) is 1.31. The monoisotopic (exact) mass is 1020 g/mol. The number of phenolic OH excluding ortho intramolecular Hbond substituents is 2. The first-order valence-electron chi connectivity index (χ1n) is 24.2. The van der Waals surface area contributed by atoms with Gasteiger partial charge in [-0.15, -0.1) is 0 Å². The van der Waals surface area contributed by atoms with E-state index in [1.807, 2.05) is 36.4 Å². The van der Waals surface area contributed by atoms with Gasteiger partial charge in [-0.3, -0.25) is 43.5 Å². The molecule has 0 aromatic heterocycles. The molecule has 0 aliphatic carbocycles. The molecule has 23 heteroatoms. The van der Waals surface area contributed by atoms with E-state index in [2.05, 4.69) is 41.9 Å². The first-order chi connectivity index (χ1) is 35.3. The van der Waals surface area contributed by atoms with Crippen molar-refractivity contribution in [1.82, 2.24) is 31.9 Å². The van der Waals surface area contributed by atoms with Gasteiger partial charge in [0.25, 0.3) is 0 Å². The van der Waals surface area contributed by atoms with Crippen LogP contribution in [0, 0.1) is 0 Å². The number of benzene rings is 4. The smallest absolute Gasteiger partial charge is 0.243 e. The zero-order valence-electron chi connectivity index (χ0n) is 41.4. The highest BCUT2D eigenvalue weighted by Gasteiger charge is 2.34. The van der Waals surface area contributed by atoms with Crippen LogP contribution in [0.4, 0.5) is 0 Å². The van der Waals surface area contributed by atoms with Crippen molar-refractivity contribution in [3.05, 3.63) is 108 Å². The molecule has 23 nitrogen and oxygen atoms in total. The van der Waals surface area contributed by atoms with E-state index in [1.54, 1.807) is 6.07 Å². The lowest BCUT2D eigenvalue weighted by atomic mass is 9.99. The molecule has 0 aliphatic rings. The van der Waals surface area contributed by atoms with E-state index >= 15 is 0 Å². The summed E-state index contributed by atoms with van der Waals surface area (Å²) < 4.78 is 0. The second kappa shape index (κ2) is 29.8. The topological polar surface area (TPSA) is 413 Å². The molecule has 4 aromatic carbocycles. The number of phenols is 2. The summed E-state index contributed by atoms with van der Waals surface area (Å²) in [6.45, 7) is 1.78. The van der Waals surface area contributed by atoms with Crippen molar-refractivity contribution in [3.63, 3.8) is 0 Å². The molecular formula is C51H70N14O9. The number of nitrogens with one attached hydrogen (secondary N) is 6. The summed E-state index contributed by atoms with van der Waals surface area (Å²) in [5.74, 6) is -5.76. The van der Waals surface area contributed by atoms with E-state index in [0.717, 1.165) is 10.8 Å². The molecule has 0 saturated heterocycles. The van der Waals surface area contributed by atoms with Gasteiger partial charge in [-0.05, 0) is 103 Å². The summed E-state index contributed by atoms with van der Waals surface area (Å²) in [7, 11) is 0. The van der Waals surface area contributed by atoms with Gasteiger partial charge in [0.2, 0.25) is 41.4 Å². The molecule has 6 atom stereocenters. The summed E-state index contributed by atoms with van der Waals surface area (Å²) in [5.41, 5.74) is 35.1. The minimum Gasteiger partial charge on any atom is -0.508 e. The van der Waals surface area contributed by atoms with Crippen LogP contribution >= 0.6 is 0 Å². The number of carbonyl (C=O) groups excluding carboxylic acids is 7. The van der Waals surface area contributed by atoms with Gasteiger partial charge >= 0.3 is 0 Å². The Balaban J connectivity index is 1.70. The summed E-state index contributed by atoms with van der Waals surface area (Å²) in [5, 5.41) is 38.1. The molecule has 0 aliphatic heterocycles. The SMILES string of the molecule is CC(=O)N[C@@H](CCCN=C(N)N)C(=O)N[C@@H](Cc1ccc(O)cc1)C(=O)N[C@@H](Cc1ccc(O)cc1)C(=O)N[C@@H](CCCN=C(N)N)C(=O)N[C@@H](Cc1ccc2ccccc2c1)C(=O)N[C@@H](CCCCN)C(N)=O. The van der Waals surface area contributed by atoms with Crippen molar-refractivity contribution in [2.45, 2.75) is 107 Å². The molecule has 0 heterocycles. The number of aromatic hydroxyl groups is 2. The van der Waals surface area contributed by atoms with Crippen LogP contribution in [0.15, 0.2) is 101 Å². The van der Waals surface area contributed by atoms with Crippen LogP contribution in [0.1, 0.15) is 68.6 Å². The Morgan fingerprint density at radius 3 is 1.27 bits per heavy atom. The van der Waals surface area contributed by atoms with Gasteiger partial charge in [0.05, 0.1) is 0 Å². The van der Waals surface area contributed by atoms with Gasteiger partial charge in [-0.2, -0.15) is 0 Å². The number of nitrogens with two attached hydrogens (primary N) is 6. The Hall–Kier alpha value is -8.47. The minimum atomic E-state index is -1.45. The van der Waals surface area contributed by atoms with Crippen molar-refractivity contribution in [1.29, 1.82) is 0 Å². The highest BCUT2D eigenvalue weighted by molar-refractivity contribution is 5.97. The number of amides is 7. The molecule has 398 valence electrons. The van der Waals surface area contributed by atoms with Crippen LogP contribution in [-0.2, 0) is 52.8 Å². The molecule has 20 N–H and O–H groups in total. The van der Waals surface area contributed by atoms with Gasteiger partial charge in [0, 0.05) is 39.3 Å². The predicted molar refractivity (Wildman–Crippen MR) is 280 cm³/mol. The molecule has 7 amide bonds. The van der Waals surface area contributed by atoms with Crippen molar-refractivity contribution >= 4 is 64.0 Å². The van der Waals surface area contributed by atoms with E-state index in [4.69, 9.17) is 34.4 Å². The molecule has 0 radical (unpaired) electrons. The summed E-state index contributed by atoms with van der Waals surface area (Å²) in [6, 6.07) is 17.1. The van der Waals surface area contributed by atoms with Crippen LogP contribution in [0.25, 0.3) is 10.8 Å². The zero-order valence-corrected chi connectivity index (χ0v) is 41.4. The second-order valence-corrected chi connectivity index (χ2v) is 17.8. The van der Waals surface area contributed by atoms with E-state index in [1.165, 1.54) is 55.5 Å². The fourth-order valence-electron chi connectivity index (χ4n) is 7.89. The summed E-state index contributed by atoms with van der Waals surface area (Å²) >= 11 is 0. The molecular weight excluding hydrogens is 953 g/mol. The molecule has 0 spiro atoms. The highest BCUT2D eigenvalue weighted by atomic mass is 16.3. The first kappa shape index (κ1) is 58.1. The van der Waals surface area contributed by atoms with Crippen molar-refractivity contribution in [2.24, 2.45) is 44.4 Å². The Kier molecular flexibility index (Phi) is 23.4. The van der Waals surface area contributed by atoms with Gasteiger partial charge in [-0.25, -0.2) is 0 Å². The molecule has 0 saturated carbocycles. The van der Waals surface area contributed by atoms with Crippen LogP contribution in [0.3, 0.4) is 0 Å². The third-order valence-electron chi connectivity index (χ3n) is 11.7. The maximum absolute atomic E-state index is 14.7. The molecule has 0 fully saturated rings. The van der Waals surface area contributed by atoms with Gasteiger partial charge in [-0.1, -0.05) is 66.7 Å². The molecule has 0 unspecified atom stereocenters. The lowest BCUT2D eigenvalue weighted by Gasteiger charge is -2.28. The van der Waals surface area contributed by atoms with E-state index in [0.29, 0.717) is 36.1 Å². The van der Waals surface area contributed by atoms with Crippen molar-refractivity contribution < 1.29 is 43.8 Å². The number of unbranched alkanes of at least 4 members (excludes halogenated alkanes) is 1. The normalized spacial score (nSPS) is 13.3. The standard InChI is InChI=1S/C51H70N14O9/c1-30(66)60-39(11-6-24-58-50(54)55)45(70)63-42(28-32-16-21-37(68)22-17-32)49(74)65-41(27-31-14-19-36(67)20-15-31)48(73)62-40(12-7-25-59-51(56)57)46(71)64-43(47(72)61-38(44(53)69)10-4-5-23-52)29-33-13-18-34-8-2-3-9-35(34)26-33/h2-3,8-9,13-22,26,38-43,67-68H,4-7,10-12,23-25,27-29,52H2,1H3,(H2,53,69)(H,60,66)(H,61,72)(H,62,73)(H,63,70)(H,64,71)(H,65,74)(H4,54,55,58)(H4,56,57,59)/t38-,39-,40-,41-,42-,43-/m0/s1. The lowest BCUT2D eigenvalue weighted by molar-refractivity contribution is -0.135. The van der Waals surface area contributed by atoms with E-state index in [9.17, 15) is 43.8 Å². The maximum atomic E-state index is 14.7. The molecule has 74 heavy (non-hydrogen) atoms. The number of aliphatic imine (C=N–C) groups is 2. The largest absolute Gasteiger partial charge is 0.508 e. The van der Waals surface area contributed by atoms with E-state index in [-0.39, 0.29) is 87.9 Å². The predicted octanol–water partition coefficient (Wildman–Crippen LogP) is -1.07. The average Bonchev–Trinajstić information content (AvgIpc) is 3.35. The molecule has 4 aromatic rings. The third kappa shape index (κ3) is 20.3. The number of hydrogen-bond donors (Lipinski definition) is 14. The van der Waals surface area contributed by atoms with Crippen LogP contribution in [0.2, 0.25) is 0 Å². The van der Waals surface area contributed by atoms with Gasteiger partial charge in [0.15, 0.2) is 11.9 Å². The van der Waals surface area contributed by atoms with E-state index < -0.39 is 77.6 Å². The molecule has 4 rings (SSSR count). The average molecular weight is 1020 g/mol. The Bertz CT molecular complexity index is 2590. The third-order valence-corrected chi connectivity index (χ3v) is 11.7. The Morgan fingerprint density at radius 2 is 0.838 bits per heavy atom. The first-order valence-corrected chi connectivity index (χ1v) is 24.2. The fourth-order valence-corrected chi connectivity index (χ4v) is 7.89. The Morgan fingerprint density at radius 1 is 0.459 bits per heavy atom. The fraction of sp³-hybridized carbons (Fsp3) is 0.392. The number of rotatable bonds is 30. The number of carbonyl (C=O) groups is 7. The zero-order chi connectivity index (χ0) is 54.2. The quantitative estimate of drug-likeness (QED) is 0.0168. The Labute approximate surface area is 429 Å². The maximum Gasteiger partial charge on any atom is 0.243 e. The number of nitrogens with zero attached hydrogens (tertiary/aromatic N) is 2. The van der Waals surface area contributed by atoms with Crippen LogP contribution < -0.4 is 66.3 Å². The van der Waals surface area contributed by atoms with Crippen LogP contribution in [0.5, 0.6) is 11.5 Å². The second-order valence-electron chi connectivity index (χ2n) is 17.8. The summed E-state index contributed by atoms with van der Waals surface area (Å²) in [4.78, 5) is 105. The number of fused-ring (bicyclic) bond motifs is 1. The lowest BCUT2D eigenvalue weighted by Crippen LogP contribution is -2.60. The van der Waals surface area contributed by atoms with Crippen molar-refractivity contribution in [3.8, 4) is 11.5 Å². The number of hydrogen-bond acceptors (Lipinski definition) is 12. The highest BCUT2D eigenvalue weighted by Crippen LogP contribution is 2.19. The van der Waals surface area contributed by atoms with Gasteiger partial charge < -0.3 is 76.5 Å². The number of primary amides is 1. The molecule has 0 bridgehead atoms. The van der Waals surface area contributed by atoms with Crippen molar-refractivity contribution in [2.75, 3.05) is 19.6 Å².